The number of aromatic nitrogens is 4. The van der Waals surface area contributed by atoms with Crippen molar-refractivity contribution in [3.8, 4) is 22.8 Å². The molecule has 0 aliphatic carbocycles. The lowest BCUT2D eigenvalue weighted by atomic mass is 10.1. The number of hydrogen-bond donors (Lipinski definition) is 1. The molecule has 1 saturated heterocycles. The number of nitrogens with two attached hydrogens (primary N) is 1. The standard InChI is InChI=1S/C26H21ClFN5O.CH5N/c27-24-23(34-20-6-2-1-3-7-20)9-8-18(25(24)33-14-4-5-15-33)16-21(28)26-29-12-11-22(32-26)19-10-13-30-31-17-19;1-2/h1-3,6-13,16-17H,4-5,14-15H2;2H2,1H3/b21-16-;. The molecule has 0 bridgehead atoms. The quantitative estimate of drug-likeness (QED) is 0.343. The van der Waals surface area contributed by atoms with Crippen molar-refractivity contribution in [2.45, 2.75) is 12.8 Å². The normalized spacial score (nSPS) is 13.2. The average molecular weight is 505 g/mol. The Kier molecular flexibility index (Phi) is 8.54. The molecule has 0 unspecified atom stereocenters. The van der Waals surface area contributed by atoms with E-state index < -0.39 is 5.83 Å². The molecule has 184 valence electrons. The summed E-state index contributed by atoms with van der Waals surface area (Å²) in [6, 6.07) is 16.5. The van der Waals surface area contributed by atoms with Crippen molar-refractivity contribution in [3.05, 3.63) is 89.6 Å². The van der Waals surface area contributed by atoms with E-state index in [9.17, 15) is 0 Å². The Morgan fingerprint density at radius 3 is 2.50 bits per heavy atom. The summed E-state index contributed by atoms with van der Waals surface area (Å²) in [5.41, 5.74) is 7.18. The Balaban J connectivity index is 0.00000148. The highest BCUT2D eigenvalue weighted by atomic mass is 35.5. The number of hydrogen-bond acceptors (Lipinski definition) is 7. The minimum Gasteiger partial charge on any atom is -0.456 e. The molecule has 3 heterocycles. The number of rotatable bonds is 6. The van der Waals surface area contributed by atoms with E-state index in [1.807, 2.05) is 36.4 Å². The number of ether oxygens (including phenoxy) is 1. The highest BCUT2D eigenvalue weighted by Gasteiger charge is 2.22. The molecule has 2 aromatic carbocycles. The molecule has 0 saturated carbocycles. The van der Waals surface area contributed by atoms with Gasteiger partial charge < -0.3 is 15.4 Å². The van der Waals surface area contributed by atoms with E-state index in [0.717, 1.165) is 37.2 Å². The fraction of sp³-hybridized carbons (Fsp3) is 0.185. The summed E-state index contributed by atoms with van der Waals surface area (Å²) in [5, 5.41) is 8.07. The van der Waals surface area contributed by atoms with Gasteiger partial charge in [-0.15, -0.1) is 0 Å². The highest BCUT2D eigenvalue weighted by molar-refractivity contribution is 6.35. The van der Waals surface area contributed by atoms with Gasteiger partial charge in [-0.25, -0.2) is 14.4 Å². The minimum absolute atomic E-state index is 0.0116. The van der Waals surface area contributed by atoms with Gasteiger partial charge in [-0.3, -0.25) is 0 Å². The Morgan fingerprint density at radius 1 is 1.00 bits per heavy atom. The van der Waals surface area contributed by atoms with Gasteiger partial charge in [-0.1, -0.05) is 29.8 Å². The average Bonchev–Trinajstić information content (AvgIpc) is 3.47. The van der Waals surface area contributed by atoms with E-state index in [1.165, 1.54) is 19.3 Å². The van der Waals surface area contributed by atoms with Crippen molar-refractivity contribution in [1.29, 1.82) is 0 Å². The van der Waals surface area contributed by atoms with Gasteiger partial charge >= 0.3 is 0 Å². The first-order chi connectivity index (χ1) is 17.7. The van der Waals surface area contributed by atoms with Crippen LogP contribution in [0.3, 0.4) is 0 Å². The zero-order chi connectivity index (χ0) is 25.3. The fourth-order valence-corrected chi connectivity index (χ4v) is 4.24. The van der Waals surface area contributed by atoms with E-state index in [0.29, 0.717) is 27.8 Å². The molecule has 0 radical (unpaired) electrons. The van der Waals surface area contributed by atoms with E-state index in [4.69, 9.17) is 16.3 Å². The van der Waals surface area contributed by atoms with Crippen molar-refractivity contribution in [1.82, 2.24) is 20.2 Å². The minimum atomic E-state index is -0.558. The molecule has 0 spiro atoms. The van der Waals surface area contributed by atoms with Gasteiger partial charge in [0.05, 0.1) is 23.8 Å². The predicted octanol–water partition coefficient (Wildman–Crippen LogP) is 6.02. The SMILES string of the molecule is CN.F/C(=C\c1ccc(Oc2ccccc2)c(Cl)c1N1CCCC1)c1nccc(-c2ccnnc2)n1. The molecule has 0 amide bonds. The summed E-state index contributed by atoms with van der Waals surface area (Å²) in [5.74, 6) is 0.636. The molecule has 1 fully saturated rings. The number of halogens is 2. The van der Waals surface area contributed by atoms with Crippen LogP contribution in [0.1, 0.15) is 24.2 Å². The lowest BCUT2D eigenvalue weighted by molar-refractivity contribution is 0.483. The lowest BCUT2D eigenvalue weighted by Crippen LogP contribution is -2.19. The van der Waals surface area contributed by atoms with Crippen LogP contribution in [0.2, 0.25) is 5.02 Å². The van der Waals surface area contributed by atoms with Crippen LogP contribution >= 0.6 is 11.6 Å². The van der Waals surface area contributed by atoms with Crippen molar-refractivity contribution < 1.29 is 9.13 Å². The molecule has 1 aliphatic rings. The highest BCUT2D eigenvalue weighted by Crippen LogP contribution is 2.42. The lowest BCUT2D eigenvalue weighted by Gasteiger charge is -2.23. The molecule has 1 aliphatic heterocycles. The number of nitrogens with zero attached hydrogens (tertiary/aromatic N) is 5. The van der Waals surface area contributed by atoms with Crippen molar-refractivity contribution in [3.63, 3.8) is 0 Å². The first-order valence-corrected chi connectivity index (χ1v) is 11.9. The van der Waals surface area contributed by atoms with Gasteiger partial charge in [-0.05, 0) is 62.4 Å². The summed E-state index contributed by atoms with van der Waals surface area (Å²) in [7, 11) is 1.50. The number of anilines is 1. The summed E-state index contributed by atoms with van der Waals surface area (Å²) < 4.78 is 21.4. The van der Waals surface area contributed by atoms with Gasteiger partial charge in [0, 0.05) is 30.4 Å². The van der Waals surface area contributed by atoms with Crippen LogP contribution in [0.4, 0.5) is 10.1 Å². The van der Waals surface area contributed by atoms with Crippen LogP contribution in [-0.4, -0.2) is 40.3 Å². The fourth-order valence-electron chi connectivity index (χ4n) is 3.91. The maximum Gasteiger partial charge on any atom is 0.189 e. The number of benzene rings is 2. The van der Waals surface area contributed by atoms with Crippen LogP contribution in [0.5, 0.6) is 11.5 Å². The molecular weight excluding hydrogens is 479 g/mol. The van der Waals surface area contributed by atoms with Crippen LogP contribution in [0.25, 0.3) is 23.2 Å². The molecule has 36 heavy (non-hydrogen) atoms. The monoisotopic (exact) mass is 504 g/mol. The Hall–Kier alpha value is -3.88. The third kappa shape index (κ3) is 5.84. The molecule has 2 N–H and O–H groups in total. The van der Waals surface area contributed by atoms with E-state index in [-0.39, 0.29) is 5.82 Å². The summed E-state index contributed by atoms with van der Waals surface area (Å²) in [6.07, 6.45) is 8.19. The predicted molar refractivity (Wildman–Crippen MR) is 142 cm³/mol. The van der Waals surface area contributed by atoms with Crippen LogP contribution < -0.4 is 15.4 Å². The van der Waals surface area contributed by atoms with Gasteiger partial charge in [0.25, 0.3) is 0 Å². The first kappa shape index (κ1) is 25.2. The Morgan fingerprint density at radius 2 is 1.78 bits per heavy atom. The summed E-state index contributed by atoms with van der Waals surface area (Å²) in [6.45, 7) is 1.69. The van der Waals surface area contributed by atoms with Gasteiger partial charge in [-0.2, -0.15) is 10.2 Å². The third-order valence-corrected chi connectivity index (χ3v) is 5.90. The molecular formula is C27H26ClFN6O. The van der Waals surface area contributed by atoms with Crippen LogP contribution in [0, 0.1) is 0 Å². The molecule has 2 aromatic heterocycles. The second kappa shape index (κ2) is 12.2. The van der Waals surface area contributed by atoms with Crippen LogP contribution in [-0.2, 0) is 0 Å². The molecule has 7 nitrogen and oxygen atoms in total. The largest absolute Gasteiger partial charge is 0.456 e. The zero-order valence-corrected chi connectivity index (χ0v) is 20.6. The van der Waals surface area contributed by atoms with Gasteiger partial charge in [0.2, 0.25) is 0 Å². The van der Waals surface area contributed by atoms with Crippen molar-refractivity contribution in [2.24, 2.45) is 5.73 Å². The zero-order valence-electron chi connectivity index (χ0n) is 19.8. The van der Waals surface area contributed by atoms with Gasteiger partial charge in [0.15, 0.2) is 11.7 Å². The maximum absolute atomic E-state index is 15.4. The molecule has 0 atom stereocenters. The number of para-hydroxylation sites is 1. The van der Waals surface area contributed by atoms with Crippen molar-refractivity contribution in [2.75, 3.05) is 25.0 Å². The molecule has 9 heteroatoms. The second-order valence-electron chi connectivity index (χ2n) is 7.81. The third-order valence-electron chi connectivity index (χ3n) is 5.54. The first-order valence-electron chi connectivity index (χ1n) is 11.5. The Labute approximate surface area is 214 Å². The van der Waals surface area contributed by atoms with Crippen LogP contribution in [0.15, 0.2) is 73.2 Å². The summed E-state index contributed by atoms with van der Waals surface area (Å²) in [4.78, 5) is 10.7. The molecule has 4 aromatic rings. The van der Waals surface area contributed by atoms with E-state index >= 15 is 4.39 Å². The van der Waals surface area contributed by atoms with E-state index in [1.54, 1.807) is 30.6 Å². The smallest absolute Gasteiger partial charge is 0.189 e. The topological polar surface area (TPSA) is 90.1 Å². The van der Waals surface area contributed by atoms with E-state index in [2.05, 4.69) is 30.8 Å². The maximum atomic E-state index is 15.4. The van der Waals surface area contributed by atoms with Crippen molar-refractivity contribution >= 4 is 29.2 Å². The van der Waals surface area contributed by atoms with Gasteiger partial charge in [0.1, 0.15) is 16.5 Å². The summed E-state index contributed by atoms with van der Waals surface area (Å²) >= 11 is 6.82. The molecule has 5 rings (SSSR count). The Bertz CT molecular complexity index is 1310. The second-order valence-corrected chi connectivity index (χ2v) is 8.19.